The lowest BCUT2D eigenvalue weighted by Gasteiger charge is -2.10. The van der Waals surface area contributed by atoms with Gasteiger partial charge in [-0.05, 0) is 62.0 Å². The molecule has 0 aliphatic heterocycles. The van der Waals surface area contributed by atoms with E-state index in [1.54, 1.807) is 0 Å². The van der Waals surface area contributed by atoms with Gasteiger partial charge in [-0.1, -0.05) is 60.7 Å². The van der Waals surface area contributed by atoms with Crippen molar-refractivity contribution in [3.05, 3.63) is 77.9 Å². The minimum absolute atomic E-state index is 1.06. The molecule has 0 unspecified atom stereocenters. The maximum Gasteiger partial charge on any atom is -0.00820 e. The summed E-state index contributed by atoms with van der Waals surface area (Å²) in [4.78, 5) is 0. The van der Waals surface area contributed by atoms with Crippen molar-refractivity contribution >= 4 is 38.4 Å². The maximum atomic E-state index is 2.39. The third kappa shape index (κ3) is 1.50. The second kappa shape index (κ2) is 3.95. The van der Waals surface area contributed by atoms with E-state index in [-0.39, 0.29) is 0 Å². The van der Waals surface area contributed by atoms with Crippen molar-refractivity contribution in [2.75, 3.05) is 0 Å². The van der Waals surface area contributed by atoms with Gasteiger partial charge in [0.25, 0.3) is 0 Å². The first-order valence-corrected chi connectivity index (χ1v) is 7.44. The number of fused-ring (bicyclic) bond motifs is 6. The zero-order chi connectivity index (χ0) is 13.8. The van der Waals surface area contributed by atoms with Crippen LogP contribution in [0.5, 0.6) is 0 Å². The van der Waals surface area contributed by atoms with Crippen molar-refractivity contribution in [2.45, 2.75) is 6.42 Å². The van der Waals surface area contributed by atoms with E-state index in [0.717, 1.165) is 6.42 Å². The Morgan fingerprint density at radius 3 is 2.43 bits per heavy atom. The predicted octanol–water partition coefficient (Wildman–Crippen LogP) is 5.72. The van der Waals surface area contributed by atoms with Gasteiger partial charge in [0.15, 0.2) is 0 Å². The van der Waals surface area contributed by atoms with Crippen LogP contribution in [0.15, 0.2) is 66.7 Å². The molecule has 0 heteroatoms. The highest BCUT2D eigenvalue weighted by molar-refractivity contribution is 6.12. The van der Waals surface area contributed by atoms with Gasteiger partial charge in [0.2, 0.25) is 0 Å². The summed E-state index contributed by atoms with van der Waals surface area (Å²) in [7, 11) is 0. The van der Waals surface area contributed by atoms with E-state index in [1.165, 1.54) is 43.4 Å². The number of rotatable bonds is 0. The molecule has 0 heterocycles. The Balaban J connectivity index is 2.00. The lowest BCUT2D eigenvalue weighted by atomic mass is 9.94. The number of benzene rings is 4. The Kier molecular flexibility index (Phi) is 2.09. The molecule has 4 aromatic carbocycles. The Bertz CT molecular complexity index is 1050. The minimum Gasteiger partial charge on any atom is -0.0795 e. The number of allylic oxidation sites excluding steroid dienone is 1. The van der Waals surface area contributed by atoms with Crippen LogP contribution in [0, 0.1) is 0 Å². The Hall–Kier alpha value is -2.60. The van der Waals surface area contributed by atoms with E-state index >= 15 is 0 Å². The molecule has 0 aromatic heterocycles. The first-order valence-electron chi connectivity index (χ1n) is 7.44. The smallest absolute Gasteiger partial charge is 0.00820 e. The van der Waals surface area contributed by atoms with Gasteiger partial charge >= 0.3 is 0 Å². The van der Waals surface area contributed by atoms with Gasteiger partial charge in [-0.15, -0.1) is 0 Å². The van der Waals surface area contributed by atoms with Crippen LogP contribution in [-0.2, 0) is 6.42 Å². The summed E-state index contributed by atoms with van der Waals surface area (Å²) in [5.41, 5.74) is 2.85. The summed E-state index contributed by atoms with van der Waals surface area (Å²) in [6.45, 7) is 0. The predicted molar refractivity (Wildman–Crippen MR) is 91.7 cm³/mol. The van der Waals surface area contributed by atoms with Gasteiger partial charge in [0, 0.05) is 0 Å². The quantitative estimate of drug-likeness (QED) is 0.282. The van der Waals surface area contributed by atoms with Crippen LogP contribution >= 0.6 is 0 Å². The van der Waals surface area contributed by atoms with Crippen molar-refractivity contribution in [1.29, 1.82) is 0 Å². The summed E-state index contributed by atoms with van der Waals surface area (Å²) in [6.07, 6.45) is 5.56. The lowest BCUT2D eigenvalue weighted by molar-refractivity contribution is 1.35. The van der Waals surface area contributed by atoms with Crippen molar-refractivity contribution in [2.24, 2.45) is 0 Å². The molecular weight excluding hydrogens is 252 g/mol. The molecule has 5 rings (SSSR count). The fourth-order valence-electron chi connectivity index (χ4n) is 3.59. The van der Waals surface area contributed by atoms with Crippen LogP contribution in [-0.4, -0.2) is 0 Å². The van der Waals surface area contributed by atoms with Crippen LogP contribution in [0.1, 0.15) is 11.1 Å². The van der Waals surface area contributed by atoms with Crippen LogP contribution in [0.3, 0.4) is 0 Å². The molecule has 0 atom stereocenters. The molecule has 0 radical (unpaired) electrons. The molecule has 21 heavy (non-hydrogen) atoms. The molecule has 0 amide bonds. The van der Waals surface area contributed by atoms with Crippen molar-refractivity contribution in [1.82, 2.24) is 0 Å². The average molecular weight is 266 g/mol. The lowest BCUT2D eigenvalue weighted by Crippen LogP contribution is -1.86. The largest absolute Gasteiger partial charge is 0.0795 e. The summed E-state index contributed by atoms with van der Waals surface area (Å²) >= 11 is 0. The van der Waals surface area contributed by atoms with E-state index < -0.39 is 0 Å². The molecule has 1 aliphatic rings. The highest BCUT2D eigenvalue weighted by Crippen LogP contribution is 2.34. The van der Waals surface area contributed by atoms with Gasteiger partial charge in [-0.3, -0.25) is 0 Å². The zero-order valence-electron chi connectivity index (χ0n) is 11.6. The van der Waals surface area contributed by atoms with Gasteiger partial charge in [0.05, 0.1) is 0 Å². The summed E-state index contributed by atoms with van der Waals surface area (Å²) in [5.74, 6) is 0. The first-order chi connectivity index (χ1) is 10.4. The highest BCUT2D eigenvalue weighted by Gasteiger charge is 2.10. The van der Waals surface area contributed by atoms with E-state index in [2.05, 4.69) is 72.8 Å². The molecule has 0 spiro atoms. The van der Waals surface area contributed by atoms with Gasteiger partial charge in [0.1, 0.15) is 0 Å². The Morgan fingerprint density at radius 1 is 0.619 bits per heavy atom. The summed E-state index contributed by atoms with van der Waals surface area (Å²) < 4.78 is 0. The molecule has 1 aliphatic carbocycles. The second-order valence-electron chi connectivity index (χ2n) is 5.82. The molecule has 0 N–H and O–H groups in total. The third-order valence-corrected chi connectivity index (χ3v) is 4.65. The molecule has 0 fully saturated rings. The third-order valence-electron chi connectivity index (χ3n) is 4.65. The van der Waals surface area contributed by atoms with E-state index in [0.29, 0.717) is 0 Å². The van der Waals surface area contributed by atoms with Crippen molar-refractivity contribution < 1.29 is 0 Å². The highest BCUT2D eigenvalue weighted by atomic mass is 14.1. The van der Waals surface area contributed by atoms with E-state index in [9.17, 15) is 0 Å². The molecular formula is C21H14. The zero-order valence-corrected chi connectivity index (χ0v) is 11.6. The number of hydrogen-bond donors (Lipinski definition) is 0. The molecule has 0 nitrogen and oxygen atoms in total. The minimum atomic E-state index is 1.06. The topological polar surface area (TPSA) is 0 Å². The fourth-order valence-corrected chi connectivity index (χ4v) is 3.59. The average Bonchev–Trinajstić information content (AvgIpc) is 3.02. The number of hydrogen-bond acceptors (Lipinski definition) is 0. The SMILES string of the molecule is C1=Cc2ccc3cc4ccc5ccccc5c4cc3c2C1. The first kappa shape index (κ1) is 11.1. The molecule has 0 saturated heterocycles. The normalized spacial score (nSPS) is 13.3. The van der Waals surface area contributed by atoms with Gasteiger partial charge in [-0.25, -0.2) is 0 Å². The Labute approximate surface area is 123 Å². The summed E-state index contributed by atoms with van der Waals surface area (Å²) in [5, 5.41) is 8.10. The monoisotopic (exact) mass is 266 g/mol. The van der Waals surface area contributed by atoms with Crippen LogP contribution in [0.25, 0.3) is 38.4 Å². The van der Waals surface area contributed by atoms with E-state index in [4.69, 9.17) is 0 Å². The van der Waals surface area contributed by atoms with Crippen molar-refractivity contribution in [3.63, 3.8) is 0 Å². The molecule has 4 aromatic rings. The van der Waals surface area contributed by atoms with Crippen LogP contribution in [0.2, 0.25) is 0 Å². The standard InChI is InChI=1S/C21H14/c1-2-6-18-14(4-1)8-10-16-12-17-11-9-15-5-3-7-19(15)21(17)13-20(16)18/h1-6,8-13H,7H2. The maximum absolute atomic E-state index is 2.39. The van der Waals surface area contributed by atoms with Crippen LogP contribution < -0.4 is 0 Å². The van der Waals surface area contributed by atoms with Gasteiger partial charge < -0.3 is 0 Å². The van der Waals surface area contributed by atoms with Gasteiger partial charge in [-0.2, -0.15) is 0 Å². The molecule has 0 saturated carbocycles. The molecule has 98 valence electrons. The molecule has 0 bridgehead atoms. The fraction of sp³-hybridized carbons (Fsp3) is 0.0476. The Morgan fingerprint density at radius 2 is 1.43 bits per heavy atom. The van der Waals surface area contributed by atoms with Crippen molar-refractivity contribution in [3.8, 4) is 0 Å². The van der Waals surface area contributed by atoms with Crippen LogP contribution in [0.4, 0.5) is 0 Å². The van der Waals surface area contributed by atoms with E-state index in [1.807, 2.05) is 0 Å². The summed E-state index contributed by atoms with van der Waals surface area (Å²) in [6, 6.07) is 22.3. The second-order valence-corrected chi connectivity index (χ2v) is 5.82.